The largest absolute Gasteiger partial charge is 0.480 e. The monoisotopic (exact) mass is 273 g/mol. The molecule has 0 saturated carbocycles. The van der Waals surface area contributed by atoms with Gasteiger partial charge in [-0.05, 0) is 25.1 Å². The molecule has 20 heavy (non-hydrogen) atoms. The number of rotatable bonds is 6. The van der Waals surface area contributed by atoms with Crippen LogP contribution in [0.2, 0.25) is 0 Å². The lowest BCUT2D eigenvalue weighted by atomic mass is 9.89. The molecule has 2 rings (SSSR count). The summed E-state index contributed by atoms with van der Waals surface area (Å²) in [5, 5.41) is 17.1. The summed E-state index contributed by atoms with van der Waals surface area (Å²) >= 11 is 0. The van der Waals surface area contributed by atoms with Crippen LogP contribution < -0.4 is 5.32 Å². The number of aryl methyl sites for hydroxylation is 1. The van der Waals surface area contributed by atoms with Crippen molar-refractivity contribution < 1.29 is 9.90 Å². The highest BCUT2D eigenvalue weighted by atomic mass is 16.4. The van der Waals surface area contributed by atoms with Crippen LogP contribution in [0.4, 0.5) is 0 Å². The minimum Gasteiger partial charge on any atom is -0.480 e. The lowest BCUT2D eigenvalue weighted by molar-refractivity contribution is -0.146. The number of hydrogen-bond acceptors (Lipinski definition) is 3. The molecule has 2 aromatic rings. The molecular weight excluding hydrogens is 254 g/mol. The van der Waals surface area contributed by atoms with Gasteiger partial charge in [0.25, 0.3) is 0 Å². The topological polar surface area (TPSA) is 67.2 Å². The van der Waals surface area contributed by atoms with Gasteiger partial charge in [-0.15, -0.1) is 0 Å². The summed E-state index contributed by atoms with van der Waals surface area (Å²) in [6.45, 7) is 4.62. The van der Waals surface area contributed by atoms with Gasteiger partial charge in [0.2, 0.25) is 0 Å². The van der Waals surface area contributed by atoms with Gasteiger partial charge in [0, 0.05) is 11.9 Å². The zero-order valence-corrected chi connectivity index (χ0v) is 11.7. The lowest BCUT2D eigenvalue weighted by Gasteiger charge is -2.31. The van der Waals surface area contributed by atoms with E-state index in [1.807, 2.05) is 50.2 Å². The number of nitrogens with one attached hydrogen (secondary N) is 1. The minimum absolute atomic E-state index is 0.249. The molecule has 5 heteroatoms. The number of nitrogens with zero attached hydrogens (tertiary/aromatic N) is 2. The Kier molecular flexibility index (Phi) is 4.20. The third-order valence-electron chi connectivity index (χ3n) is 3.43. The third-order valence-corrected chi connectivity index (χ3v) is 3.43. The van der Waals surface area contributed by atoms with Gasteiger partial charge in [0.1, 0.15) is 0 Å². The fourth-order valence-corrected chi connectivity index (χ4v) is 2.33. The van der Waals surface area contributed by atoms with Crippen molar-refractivity contribution in [1.29, 1.82) is 0 Å². The van der Waals surface area contributed by atoms with Gasteiger partial charge < -0.3 is 5.11 Å². The Morgan fingerprint density at radius 2 is 2.05 bits per heavy atom. The maximum absolute atomic E-state index is 11.9. The van der Waals surface area contributed by atoms with Crippen LogP contribution in [0.25, 0.3) is 0 Å². The van der Waals surface area contributed by atoms with Crippen molar-refractivity contribution in [2.24, 2.45) is 0 Å². The first-order chi connectivity index (χ1) is 9.60. The molecule has 0 bridgehead atoms. The van der Waals surface area contributed by atoms with E-state index in [0.29, 0.717) is 6.54 Å². The van der Waals surface area contributed by atoms with Crippen LogP contribution in [-0.2, 0) is 16.9 Å². The van der Waals surface area contributed by atoms with Gasteiger partial charge in [-0.25, -0.2) is 4.79 Å². The van der Waals surface area contributed by atoms with E-state index in [1.165, 1.54) is 0 Å². The van der Waals surface area contributed by atoms with Crippen LogP contribution in [0.1, 0.15) is 18.2 Å². The number of likely N-dealkylation sites (N-methyl/N-ethyl adjacent to an activating group) is 1. The number of benzene rings is 1. The maximum atomic E-state index is 11.9. The van der Waals surface area contributed by atoms with E-state index in [4.69, 9.17) is 0 Å². The number of aromatic nitrogens is 2. The summed E-state index contributed by atoms with van der Waals surface area (Å²) in [6.07, 6.45) is 1.68. The molecule has 0 aliphatic rings. The van der Waals surface area contributed by atoms with Crippen molar-refractivity contribution in [2.75, 3.05) is 6.54 Å². The van der Waals surface area contributed by atoms with Crippen LogP contribution in [0.15, 0.2) is 42.6 Å². The Bertz CT molecular complexity index is 580. The van der Waals surface area contributed by atoms with Gasteiger partial charge >= 0.3 is 5.97 Å². The predicted octanol–water partition coefficient (Wildman–Crippen LogP) is 1.78. The Morgan fingerprint density at radius 1 is 1.35 bits per heavy atom. The zero-order chi connectivity index (χ0) is 14.6. The Morgan fingerprint density at radius 3 is 2.55 bits per heavy atom. The molecule has 0 aliphatic carbocycles. The van der Waals surface area contributed by atoms with Crippen molar-refractivity contribution in [1.82, 2.24) is 15.1 Å². The third kappa shape index (κ3) is 2.58. The second kappa shape index (κ2) is 5.88. The van der Waals surface area contributed by atoms with E-state index in [0.717, 1.165) is 11.3 Å². The van der Waals surface area contributed by atoms with E-state index in [2.05, 4.69) is 10.4 Å². The molecule has 1 aromatic heterocycles. The van der Waals surface area contributed by atoms with E-state index in [9.17, 15) is 9.90 Å². The lowest BCUT2D eigenvalue weighted by Crippen LogP contribution is -2.52. The van der Waals surface area contributed by atoms with Gasteiger partial charge in [0.05, 0.1) is 6.54 Å². The van der Waals surface area contributed by atoms with Crippen molar-refractivity contribution >= 4 is 5.97 Å². The average Bonchev–Trinajstić information content (AvgIpc) is 2.84. The molecule has 0 fully saturated rings. The molecular formula is C15H19N3O2. The summed E-state index contributed by atoms with van der Waals surface area (Å²) in [7, 11) is 0. The van der Waals surface area contributed by atoms with E-state index in [1.54, 1.807) is 10.9 Å². The Labute approximate surface area is 118 Å². The Hall–Kier alpha value is -2.14. The SMILES string of the molecule is CCNC(Cn1nccc1C)(C(=O)O)c1ccccc1. The molecule has 1 atom stereocenters. The van der Waals surface area contributed by atoms with Crippen LogP contribution >= 0.6 is 0 Å². The van der Waals surface area contributed by atoms with E-state index >= 15 is 0 Å². The minimum atomic E-state index is -1.17. The normalized spacial score (nSPS) is 13.9. The van der Waals surface area contributed by atoms with Crippen molar-refractivity contribution in [3.8, 4) is 0 Å². The summed E-state index contributed by atoms with van der Waals surface area (Å²) in [5.74, 6) is -0.902. The molecule has 0 saturated heterocycles. The van der Waals surface area contributed by atoms with Crippen molar-refractivity contribution in [3.63, 3.8) is 0 Å². The molecule has 0 amide bonds. The molecule has 0 aliphatic heterocycles. The van der Waals surface area contributed by atoms with E-state index < -0.39 is 11.5 Å². The first kappa shape index (κ1) is 14.3. The second-order valence-electron chi connectivity index (χ2n) is 4.74. The van der Waals surface area contributed by atoms with Crippen molar-refractivity contribution in [3.05, 3.63) is 53.9 Å². The van der Waals surface area contributed by atoms with Crippen LogP contribution in [-0.4, -0.2) is 27.4 Å². The maximum Gasteiger partial charge on any atom is 0.330 e. The molecule has 106 valence electrons. The van der Waals surface area contributed by atoms with Gasteiger partial charge in [-0.2, -0.15) is 5.10 Å². The Balaban J connectivity index is 2.48. The molecule has 0 spiro atoms. The quantitative estimate of drug-likeness (QED) is 0.842. The molecule has 2 N–H and O–H groups in total. The smallest absolute Gasteiger partial charge is 0.330 e. The van der Waals surface area contributed by atoms with E-state index in [-0.39, 0.29) is 6.54 Å². The number of carboxylic acid groups (broad SMARTS) is 1. The van der Waals surface area contributed by atoms with Crippen LogP contribution in [0, 0.1) is 6.92 Å². The second-order valence-corrected chi connectivity index (χ2v) is 4.74. The molecule has 5 nitrogen and oxygen atoms in total. The highest BCUT2D eigenvalue weighted by Gasteiger charge is 2.40. The summed E-state index contributed by atoms with van der Waals surface area (Å²) in [5.41, 5.74) is 0.487. The van der Waals surface area contributed by atoms with Crippen LogP contribution in [0.3, 0.4) is 0 Å². The number of aliphatic carboxylic acids is 1. The number of carbonyl (C=O) groups is 1. The molecule has 1 aromatic carbocycles. The predicted molar refractivity (Wildman–Crippen MR) is 76.4 cm³/mol. The van der Waals surface area contributed by atoms with Crippen molar-refractivity contribution in [2.45, 2.75) is 25.9 Å². The molecule has 0 radical (unpaired) electrons. The average molecular weight is 273 g/mol. The highest BCUT2D eigenvalue weighted by Crippen LogP contribution is 2.24. The summed E-state index contributed by atoms with van der Waals surface area (Å²) in [6, 6.07) is 11.1. The first-order valence-electron chi connectivity index (χ1n) is 6.62. The zero-order valence-electron chi connectivity index (χ0n) is 11.7. The van der Waals surface area contributed by atoms with Gasteiger partial charge in [0.15, 0.2) is 5.54 Å². The molecule has 1 heterocycles. The van der Waals surface area contributed by atoms with Crippen LogP contribution in [0.5, 0.6) is 0 Å². The summed E-state index contributed by atoms with van der Waals surface area (Å²) < 4.78 is 1.71. The number of carboxylic acids is 1. The number of hydrogen-bond donors (Lipinski definition) is 2. The van der Waals surface area contributed by atoms with Gasteiger partial charge in [-0.1, -0.05) is 37.3 Å². The fourth-order valence-electron chi connectivity index (χ4n) is 2.33. The van der Waals surface area contributed by atoms with Gasteiger partial charge in [-0.3, -0.25) is 10.00 Å². The standard InChI is InChI=1S/C15H19N3O2/c1-3-16-15(14(19)20,13-7-5-4-6-8-13)11-18-12(2)9-10-17-18/h4-10,16H,3,11H2,1-2H3,(H,19,20). The highest BCUT2D eigenvalue weighted by molar-refractivity contribution is 5.80. The fraction of sp³-hybridized carbons (Fsp3) is 0.333. The first-order valence-corrected chi connectivity index (χ1v) is 6.62. The summed E-state index contributed by atoms with van der Waals surface area (Å²) in [4.78, 5) is 11.9. The molecule has 1 unspecified atom stereocenters.